The standard InChI is InChI=1S/C15H13N3O2/c16-10-13(11-6-2-1-3-7-11)17-18-15(20)12-8-4-5-9-14(12)19/h1-9,13,17,19H,(H,18,20)/t13-/m1/s1. The Morgan fingerprint density at radius 3 is 2.40 bits per heavy atom. The third-order valence-corrected chi connectivity index (χ3v) is 2.74. The predicted molar refractivity (Wildman–Crippen MR) is 73.5 cm³/mol. The van der Waals surface area contributed by atoms with E-state index in [0.717, 1.165) is 5.56 Å². The van der Waals surface area contributed by atoms with Gasteiger partial charge in [0, 0.05) is 0 Å². The number of carbonyl (C=O) groups is 1. The van der Waals surface area contributed by atoms with Crippen molar-refractivity contribution in [3.63, 3.8) is 0 Å². The molecule has 0 heterocycles. The Hall–Kier alpha value is -2.84. The summed E-state index contributed by atoms with van der Waals surface area (Å²) in [6.07, 6.45) is 0. The van der Waals surface area contributed by atoms with Crippen LogP contribution in [0.4, 0.5) is 0 Å². The molecule has 20 heavy (non-hydrogen) atoms. The van der Waals surface area contributed by atoms with Crippen LogP contribution in [-0.2, 0) is 0 Å². The van der Waals surface area contributed by atoms with Crippen LogP contribution in [0.1, 0.15) is 22.0 Å². The first-order chi connectivity index (χ1) is 9.72. The molecule has 0 saturated heterocycles. The van der Waals surface area contributed by atoms with E-state index in [1.165, 1.54) is 12.1 Å². The number of hydrazine groups is 1. The molecule has 0 aliphatic heterocycles. The normalized spacial score (nSPS) is 11.3. The average molecular weight is 267 g/mol. The van der Waals surface area contributed by atoms with E-state index in [1.54, 1.807) is 24.3 Å². The minimum absolute atomic E-state index is 0.111. The van der Waals surface area contributed by atoms with Gasteiger partial charge in [0.15, 0.2) is 0 Å². The van der Waals surface area contributed by atoms with Crippen LogP contribution in [0.2, 0.25) is 0 Å². The van der Waals surface area contributed by atoms with E-state index in [1.807, 2.05) is 18.2 Å². The van der Waals surface area contributed by atoms with Crippen molar-refractivity contribution in [2.75, 3.05) is 0 Å². The zero-order valence-corrected chi connectivity index (χ0v) is 10.6. The SMILES string of the molecule is N#C[C@@H](NNC(=O)c1ccccc1O)c1ccccc1. The van der Waals surface area contributed by atoms with Gasteiger partial charge < -0.3 is 5.11 Å². The summed E-state index contributed by atoms with van der Waals surface area (Å²) in [5.41, 5.74) is 5.94. The summed E-state index contributed by atoms with van der Waals surface area (Å²) in [4.78, 5) is 11.9. The molecule has 1 amide bonds. The lowest BCUT2D eigenvalue weighted by atomic mass is 10.1. The van der Waals surface area contributed by atoms with Gasteiger partial charge in [-0.2, -0.15) is 5.26 Å². The molecule has 0 radical (unpaired) electrons. The summed E-state index contributed by atoms with van der Waals surface area (Å²) in [5.74, 6) is -0.612. The van der Waals surface area contributed by atoms with Crippen molar-refractivity contribution in [2.24, 2.45) is 0 Å². The fourth-order valence-corrected chi connectivity index (χ4v) is 1.71. The zero-order valence-electron chi connectivity index (χ0n) is 10.6. The Morgan fingerprint density at radius 1 is 1.10 bits per heavy atom. The highest BCUT2D eigenvalue weighted by Crippen LogP contribution is 2.15. The molecule has 2 aromatic rings. The maximum Gasteiger partial charge on any atom is 0.269 e. The van der Waals surface area contributed by atoms with Gasteiger partial charge in [-0.25, -0.2) is 5.43 Å². The number of nitrogens with one attached hydrogen (secondary N) is 2. The highest BCUT2D eigenvalue weighted by molar-refractivity contribution is 5.96. The number of rotatable bonds is 4. The Kier molecular flexibility index (Phi) is 4.32. The lowest BCUT2D eigenvalue weighted by Crippen LogP contribution is -2.39. The van der Waals surface area contributed by atoms with Crippen LogP contribution in [0.5, 0.6) is 5.75 Å². The lowest BCUT2D eigenvalue weighted by molar-refractivity contribution is 0.0926. The van der Waals surface area contributed by atoms with Gasteiger partial charge in [0.2, 0.25) is 0 Å². The van der Waals surface area contributed by atoms with Crippen molar-refractivity contribution in [3.8, 4) is 11.8 Å². The second kappa shape index (κ2) is 6.36. The van der Waals surface area contributed by atoms with Crippen molar-refractivity contribution in [2.45, 2.75) is 6.04 Å². The van der Waals surface area contributed by atoms with Gasteiger partial charge in [-0.15, -0.1) is 0 Å². The van der Waals surface area contributed by atoms with Crippen molar-refractivity contribution in [1.29, 1.82) is 5.26 Å². The molecule has 0 fully saturated rings. The quantitative estimate of drug-likeness (QED) is 0.738. The molecule has 0 aliphatic carbocycles. The number of hydrogen-bond donors (Lipinski definition) is 3. The molecule has 0 bridgehead atoms. The fraction of sp³-hybridized carbons (Fsp3) is 0.0667. The van der Waals surface area contributed by atoms with Gasteiger partial charge in [0.05, 0.1) is 11.6 Å². The molecule has 0 aromatic heterocycles. The molecule has 5 nitrogen and oxygen atoms in total. The highest BCUT2D eigenvalue weighted by Gasteiger charge is 2.13. The molecule has 2 rings (SSSR count). The van der Waals surface area contributed by atoms with Crippen LogP contribution < -0.4 is 10.9 Å². The minimum Gasteiger partial charge on any atom is -0.507 e. The van der Waals surface area contributed by atoms with Crippen LogP contribution in [0.15, 0.2) is 54.6 Å². The van der Waals surface area contributed by atoms with Crippen molar-refractivity contribution >= 4 is 5.91 Å². The predicted octanol–water partition coefficient (Wildman–Crippen LogP) is 1.89. The molecule has 5 heteroatoms. The van der Waals surface area contributed by atoms with E-state index in [2.05, 4.69) is 16.9 Å². The van der Waals surface area contributed by atoms with E-state index < -0.39 is 11.9 Å². The highest BCUT2D eigenvalue weighted by atomic mass is 16.3. The molecular formula is C15H13N3O2. The topological polar surface area (TPSA) is 85.2 Å². The van der Waals surface area contributed by atoms with Gasteiger partial charge in [-0.05, 0) is 17.7 Å². The van der Waals surface area contributed by atoms with Crippen LogP contribution >= 0.6 is 0 Å². The van der Waals surface area contributed by atoms with Gasteiger partial charge in [0.1, 0.15) is 11.8 Å². The molecular weight excluding hydrogens is 254 g/mol. The smallest absolute Gasteiger partial charge is 0.269 e. The van der Waals surface area contributed by atoms with Crippen LogP contribution in [0, 0.1) is 11.3 Å². The van der Waals surface area contributed by atoms with Crippen molar-refractivity contribution in [3.05, 3.63) is 65.7 Å². The minimum atomic E-state index is -0.661. The third-order valence-electron chi connectivity index (χ3n) is 2.74. The summed E-state index contributed by atoms with van der Waals surface area (Å²) in [5, 5.41) is 18.7. The molecule has 1 atom stereocenters. The van der Waals surface area contributed by atoms with E-state index in [0.29, 0.717) is 0 Å². The molecule has 0 aliphatic rings. The molecule has 0 saturated carbocycles. The Balaban J connectivity index is 2.03. The van der Waals surface area contributed by atoms with Gasteiger partial charge in [-0.3, -0.25) is 10.2 Å². The van der Waals surface area contributed by atoms with Crippen molar-refractivity contribution < 1.29 is 9.90 Å². The number of carbonyl (C=O) groups excluding carboxylic acids is 1. The summed E-state index contributed by atoms with van der Waals surface area (Å²) in [6.45, 7) is 0. The molecule has 2 aromatic carbocycles. The number of hydrogen-bond acceptors (Lipinski definition) is 4. The van der Waals surface area contributed by atoms with Gasteiger partial charge in [-0.1, -0.05) is 42.5 Å². The molecule has 0 spiro atoms. The summed E-state index contributed by atoms with van der Waals surface area (Å²) < 4.78 is 0. The first kappa shape index (κ1) is 13.6. The Morgan fingerprint density at radius 2 is 1.75 bits per heavy atom. The second-order valence-electron chi connectivity index (χ2n) is 4.09. The summed E-state index contributed by atoms with van der Waals surface area (Å²) in [6, 6.07) is 16.6. The fourth-order valence-electron chi connectivity index (χ4n) is 1.71. The maximum absolute atomic E-state index is 11.9. The Bertz CT molecular complexity index is 635. The molecule has 3 N–H and O–H groups in total. The molecule has 0 unspecified atom stereocenters. The van der Waals surface area contributed by atoms with Gasteiger partial charge >= 0.3 is 0 Å². The number of para-hydroxylation sites is 1. The molecule has 100 valence electrons. The van der Waals surface area contributed by atoms with Crippen LogP contribution in [0.25, 0.3) is 0 Å². The lowest BCUT2D eigenvalue weighted by Gasteiger charge is -2.13. The number of phenolic OH excluding ortho intramolecular Hbond substituents is 1. The van der Waals surface area contributed by atoms with E-state index >= 15 is 0 Å². The number of benzene rings is 2. The number of nitriles is 1. The van der Waals surface area contributed by atoms with Crippen LogP contribution in [-0.4, -0.2) is 11.0 Å². The number of nitrogens with zero attached hydrogens (tertiary/aromatic N) is 1. The first-order valence-electron chi connectivity index (χ1n) is 6.01. The number of aromatic hydroxyl groups is 1. The number of phenols is 1. The first-order valence-corrected chi connectivity index (χ1v) is 6.01. The third kappa shape index (κ3) is 3.13. The second-order valence-corrected chi connectivity index (χ2v) is 4.09. The zero-order chi connectivity index (χ0) is 14.4. The van der Waals surface area contributed by atoms with E-state index in [4.69, 9.17) is 5.26 Å². The Labute approximate surface area is 116 Å². The van der Waals surface area contributed by atoms with E-state index in [9.17, 15) is 9.90 Å². The van der Waals surface area contributed by atoms with Crippen LogP contribution in [0.3, 0.4) is 0 Å². The maximum atomic E-state index is 11.9. The van der Waals surface area contributed by atoms with Crippen molar-refractivity contribution in [1.82, 2.24) is 10.9 Å². The van der Waals surface area contributed by atoms with E-state index in [-0.39, 0.29) is 11.3 Å². The monoisotopic (exact) mass is 267 g/mol. The average Bonchev–Trinajstić information content (AvgIpc) is 2.49. The van der Waals surface area contributed by atoms with Gasteiger partial charge in [0.25, 0.3) is 5.91 Å². The largest absolute Gasteiger partial charge is 0.507 e. The summed E-state index contributed by atoms with van der Waals surface area (Å²) >= 11 is 0. The number of amides is 1. The summed E-state index contributed by atoms with van der Waals surface area (Å²) in [7, 11) is 0.